The molecule has 256 valence electrons. The van der Waals surface area contributed by atoms with Crippen molar-refractivity contribution in [2.45, 2.75) is 63.5 Å². The maximum absolute atomic E-state index is 14.8. The number of aryl methyl sites for hydroxylation is 3. The Kier molecular flexibility index (Phi) is 6.99. The molecule has 0 bridgehead atoms. The van der Waals surface area contributed by atoms with Crippen molar-refractivity contribution in [3.05, 3.63) is 29.1 Å². The van der Waals surface area contributed by atoms with Crippen molar-refractivity contribution in [2.75, 3.05) is 50.9 Å². The van der Waals surface area contributed by atoms with Gasteiger partial charge in [0.2, 0.25) is 0 Å². The number of fused-ring (bicyclic) bond motifs is 5. The average Bonchev–Trinajstić information content (AvgIpc) is 3.79. The standard InChI is InChI=1S/C32H37F4N9O3/c1-17-10-21-20(12-37-40-21)25(24(17)32(34,35)36)45-28-22(18(2)41-45)23-26(42(28)4)38-29(39-27(23)43-8-9-47-15-30(3,46)14-43)48-16-31-6-5-7-44(31)13-19(33)11-31/h10,12,19,46H,5-9,11,13-16H2,1-4H3,(H,37,40)/t19-,30+,31+/m1/s1. The number of hydrogen-bond acceptors (Lipinski definition) is 9. The SMILES string of the molecule is Cc1cc2[nH]ncc2c(-n2nc(C)c3c4c(N5CCOC[C@@](C)(O)C5)nc(OC[C@@]56CCCN5C[C@H](F)C6)nc4n(C)c32)c1C(F)(F)F. The molecule has 0 saturated carbocycles. The van der Waals surface area contributed by atoms with E-state index in [0.717, 1.165) is 19.4 Å². The van der Waals surface area contributed by atoms with Gasteiger partial charge in [0.1, 0.15) is 29.8 Å². The van der Waals surface area contributed by atoms with Gasteiger partial charge < -0.3 is 24.0 Å². The summed E-state index contributed by atoms with van der Waals surface area (Å²) in [4.78, 5) is 13.8. The molecule has 12 nitrogen and oxygen atoms in total. The number of rotatable bonds is 5. The molecule has 48 heavy (non-hydrogen) atoms. The Hall–Kier alpha value is -4.02. The molecule has 16 heteroatoms. The fourth-order valence-electron chi connectivity index (χ4n) is 8.17. The van der Waals surface area contributed by atoms with E-state index in [2.05, 4.69) is 15.1 Å². The van der Waals surface area contributed by atoms with Crippen LogP contribution in [0, 0.1) is 13.8 Å². The Morgan fingerprint density at radius 3 is 2.79 bits per heavy atom. The fourth-order valence-corrected chi connectivity index (χ4v) is 8.17. The van der Waals surface area contributed by atoms with E-state index < -0.39 is 29.1 Å². The lowest BCUT2D eigenvalue weighted by Gasteiger charge is -2.31. The Bertz CT molecular complexity index is 2070. The average molecular weight is 672 g/mol. The molecule has 0 spiro atoms. The maximum Gasteiger partial charge on any atom is 0.418 e. The monoisotopic (exact) mass is 671 g/mol. The number of β-amino-alcohol motifs (C(OH)–C–C–N with tert-alkyl or cyclic N) is 1. The molecule has 3 fully saturated rings. The van der Waals surface area contributed by atoms with Crippen molar-refractivity contribution in [2.24, 2.45) is 7.05 Å². The fraction of sp³-hybridized carbons (Fsp3) is 0.562. The molecule has 3 saturated heterocycles. The molecule has 1 aromatic carbocycles. The van der Waals surface area contributed by atoms with E-state index in [4.69, 9.17) is 24.5 Å². The van der Waals surface area contributed by atoms with Gasteiger partial charge >= 0.3 is 12.2 Å². The first-order valence-electron chi connectivity index (χ1n) is 16.1. The van der Waals surface area contributed by atoms with Gasteiger partial charge in [-0.05, 0) is 51.8 Å². The van der Waals surface area contributed by atoms with E-state index in [1.54, 1.807) is 25.5 Å². The summed E-state index contributed by atoms with van der Waals surface area (Å²) < 4.78 is 73.8. The number of aliphatic hydroxyl groups is 1. The molecule has 0 unspecified atom stereocenters. The highest BCUT2D eigenvalue weighted by Crippen LogP contribution is 2.44. The summed E-state index contributed by atoms with van der Waals surface area (Å²) in [6.07, 6.45) is -2.11. The first-order chi connectivity index (χ1) is 22.8. The number of alkyl halides is 4. The molecule has 3 aliphatic rings. The van der Waals surface area contributed by atoms with Crippen molar-refractivity contribution < 1.29 is 32.1 Å². The minimum atomic E-state index is -4.68. The molecule has 0 amide bonds. The van der Waals surface area contributed by atoms with E-state index in [-0.39, 0.29) is 42.4 Å². The molecule has 2 N–H and O–H groups in total. The van der Waals surface area contributed by atoms with Gasteiger partial charge in [0.05, 0.1) is 64.7 Å². The minimum Gasteiger partial charge on any atom is -0.461 e. The molecule has 0 radical (unpaired) electrons. The van der Waals surface area contributed by atoms with Crippen LogP contribution in [0.25, 0.3) is 38.7 Å². The zero-order valence-corrected chi connectivity index (χ0v) is 27.2. The van der Waals surface area contributed by atoms with Crippen LogP contribution in [0.5, 0.6) is 6.01 Å². The van der Waals surface area contributed by atoms with E-state index >= 15 is 0 Å². The van der Waals surface area contributed by atoms with Crippen molar-refractivity contribution >= 4 is 38.8 Å². The summed E-state index contributed by atoms with van der Waals surface area (Å²) in [7, 11) is 1.72. The van der Waals surface area contributed by atoms with Crippen molar-refractivity contribution in [3.8, 4) is 11.7 Å². The van der Waals surface area contributed by atoms with Crippen LogP contribution in [0.3, 0.4) is 0 Å². The van der Waals surface area contributed by atoms with Gasteiger partial charge in [-0.2, -0.15) is 33.3 Å². The number of hydrogen-bond donors (Lipinski definition) is 2. The maximum atomic E-state index is 14.8. The highest BCUT2D eigenvalue weighted by Gasteiger charge is 2.49. The molecular formula is C32H37F4N9O3. The summed E-state index contributed by atoms with van der Waals surface area (Å²) in [5.41, 5.74) is -0.864. The number of ether oxygens (including phenoxy) is 2. The van der Waals surface area contributed by atoms with Crippen LogP contribution in [0.4, 0.5) is 23.4 Å². The largest absolute Gasteiger partial charge is 0.461 e. The Labute approximate surface area is 272 Å². The van der Waals surface area contributed by atoms with Gasteiger partial charge in [0.15, 0.2) is 5.65 Å². The number of anilines is 1. The normalized spacial score (nSPS) is 25.5. The Morgan fingerprint density at radius 2 is 2.00 bits per heavy atom. The molecule has 7 heterocycles. The molecule has 3 atom stereocenters. The zero-order chi connectivity index (χ0) is 33.7. The zero-order valence-electron chi connectivity index (χ0n) is 27.2. The molecule has 0 aliphatic carbocycles. The van der Waals surface area contributed by atoms with Crippen molar-refractivity contribution in [1.29, 1.82) is 0 Å². The quantitative estimate of drug-likeness (QED) is 0.263. The summed E-state index contributed by atoms with van der Waals surface area (Å²) >= 11 is 0. The smallest absolute Gasteiger partial charge is 0.418 e. The van der Waals surface area contributed by atoms with Gasteiger partial charge in [-0.1, -0.05) is 0 Å². The molecule has 3 aliphatic heterocycles. The van der Waals surface area contributed by atoms with Gasteiger partial charge in [-0.3, -0.25) is 10.00 Å². The molecule has 8 rings (SSSR count). The lowest BCUT2D eigenvalue weighted by molar-refractivity contribution is -0.137. The Balaban J connectivity index is 1.36. The first kappa shape index (κ1) is 31.3. The third-order valence-electron chi connectivity index (χ3n) is 10.2. The highest BCUT2D eigenvalue weighted by atomic mass is 19.4. The van der Waals surface area contributed by atoms with Crippen LogP contribution in [-0.2, 0) is 18.0 Å². The highest BCUT2D eigenvalue weighted by molar-refractivity contribution is 6.13. The topological polar surface area (TPSA) is 122 Å². The van der Waals surface area contributed by atoms with Crippen molar-refractivity contribution in [1.82, 2.24) is 39.4 Å². The number of aromatic amines is 1. The van der Waals surface area contributed by atoms with E-state index in [1.165, 1.54) is 23.9 Å². The summed E-state index contributed by atoms with van der Waals surface area (Å²) in [6.45, 7) is 7.23. The Morgan fingerprint density at radius 1 is 1.19 bits per heavy atom. The lowest BCUT2D eigenvalue weighted by Crippen LogP contribution is -2.44. The summed E-state index contributed by atoms with van der Waals surface area (Å²) in [5, 5.41) is 24.1. The predicted molar refractivity (Wildman–Crippen MR) is 169 cm³/mol. The summed E-state index contributed by atoms with van der Waals surface area (Å²) in [6, 6.07) is 1.50. The number of benzene rings is 1. The van der Waals surface area contributed by atoms with Crippen molar-refractivity contribution in [3.63, 3.8) is 0 Å². The van der Waals surface area contributed by atoms with Crippen LogP contribution in [-0.4, -0.2) is 108 Å². The second-order valence-electron chi connectivity index (χ2n) is 13.9. The minimum absolute atomic E-state index is 0.0278. The third kappa shape index (κ3) is 4.82. The second kappa shape index (κ2) is 10.7. The summed E-state index contributed by atoms with van der Waals surface area (Å²) in [5.74, 6) is 0.443. The first-order valence-corrected chi connectivity index (χ1v) is 16.1. The van der Waals surface area contributed by atoms with Crippen LogP contribution in [0.15, 0.2) is 12.3 Å². The van der Waals surface area contributed by atoms with Crippen LogP contribution in [0.1, 0.15) is 43.0 Å². The van der Waals surface area contributed by atoms with Crippen LogP contribution in [0.2, 0.25) is 0 Å². The number of aromatic nitrogens is 7. The van der Waals surface area contributed by atoms with Gasteiger partial charge in [-0.15, -0.1) is 0 Å². The van der Waals surface area contributed by atoms with Crippen LogP contribution < -0.4 is 9.64 Å². The predicted octanol–water partition coefficient (Wildman–Crippen LogP) is 4.36. The number of nitrogens with zero attached hydrogens (tertiary/aromatic N) is 8. The lowest BCUT2D eigenvalue weighted by atomic mass is 9.95. The molecule has 4 aromatic heterocycles. The van der Waals surface area contributed by atoms with Gasteiger partial charge in [0.25, 0.3) is 0 Å². The number of nitrogens with one attached hydrogen (secondary N) is 1. The molecule has 5 aromatic rings. The molecular weight excluding hydrogens is 634 g/mol. The number of halogens is 4. The van der Waals surface area contributed by atoms with E-state index in [9.17, 15) is 22.7 Å². The number of H-pyrrole nitrogens is 1. The van der Waals surface area contributed by atoms with E-state index in [0.29, 0.717) is 65.2 Å². The van der Waals surface area contributed by atoms with Gasteiger partial charge in [-0.25, -0.2) is 9.07 Å². The van der Waals surface area contributed by atoms with Crippen LogP contribution >= 0.6 is 0 Å². The second-order valence-corrected chi connectivity index (χ2v) is 13.9. The van der Waals surface area contributed by atoms with E-state index in [1.807, 2.05) is 4.90 Å². The third-order valence-corrected chi connectivity index (χ3v) is 10.2. The van der Waals surface area contributed by atoms with Gasteiger partial charge in [0, 0.05) is 31.9 Å².